The van der Waals surface area contributed by atoms with Gasteiger partial charge in [-0.1, -0.05) is 12.1 Å². The number of benzene rings is 2. The lowest BCUT2D eigenvalue weighted by molar-refractivity contribution is 0.242. The molecule has 2 aromatic carbocycles. The van der Waals surface area contributed by atoms with E-state index in [1.807, 2.05) is 50.2 Å². The Balaban J connectivity index is 2.00. The topological polar surface area (TPSA) is 50.7 Å². The van der Waals surface area contributed by atoms with Gasteiger partial charge in [0.05, 0.1) is 13.2 Å². The molecule has 0 saturated carbocycles. The van der Waals surface area contributed by atoms with Crippen molar-refractivity contribution in [3.8, 4) is 17.2 Å². The molecule has 0 spiro atoms. The summed E-state index contributed by atoms with van der Waals surface area (Å²) in [5.74, 6) is 1.50. The van der Waals surface area contributed by atoms with E-state index >= 15 is 0 Å². The summed E-state index contributed by atoms with van der Waals surface area (Å²) in [4.78, 5) is 0. The molecule has 4 heteroatoms. The molecule has 0 fully saturated rings. The molecule has 0 amide bonds. The van der Waals surface area contributed by atoms with Gasteiger partial charge in [-0.25, -0.2) is 0 Å². The van der Waals surface area contributed by atoms with Crippen molar-refractivity contribution in [2.24, 2.45) is 0 Å². The zero-order chi connectivity index (χ0) is 15.2. The average molecular weight is 287 g/mol. The molecule has 2 aromatic rings. The zero-order valence-corrected chi connectivity index (χ0v) is 12.6. The van der Waals surface area contributed by atoms with Crippen LogP contribution in [0.15, 0.2) is 42.5 Å². The van der Waals surface area contributed by atoms with Crippen LogP contribution < -0.4 is 14.8 Å². The number of hydrogen-bond donors (Lipinski definition) is 2. The number of anilines is 1. The standard InChI is InChI=1S/C17H21NO3/c1-12(2)21-15-9-7-14(8-10-15)18-11-13-5-4-6-16(20-3)17(13)19/h4-10,12,18-19H,11H2,1-3H3. The lowest BCUT2D eigenvalue weighted by atomic mass is 10.2. The number of methoxy groups -OCH3 is 1. The van der Waals surface area contributed by atoms with E-state index in [1.165, 1.54) is 0 Å². The summed E-state index contributed by atoms with van der Waals surface area (Å²) in [6.45, 7) is 4.52. The molecule has 0 atom stereocenters. The molecule has 0 radical (unpaired) electrons. The Hall–Kier alpha value is -2.36. The number of nitrogens with one attached hydrogen (secondary N) is 1. The molecule has 0 aliphatic rings. The van der Waals surface area contributed by atoms with Crippen LogP contribution in [0.5, 0.6) is 17.2 Å². The minimum absolute atomic E-state index is 0.164. The number of ether oxygens (including phenoxy) is 2. The Kier molecular flexibility index (Phi) is 4.93. The first-order chi connectivity index (χ1) is 10.1. The van der Waals surface area contributed by atoms with E-state index in [4.69, 9.17) is 9.47 Å². The first-order valence-electron chi connectivity index (χ1n) is 6.95. The third kappa shape index (κ3) is 4.05. The number of hydrogen-bond acceptors (Lipinski definition) is 4. The Morgan fingerprint density at radius 1 is 1.10 bits per heavy atom. The maximum atomic E-state index is 10.0. The van der Waals surface area contributed by atoms with Gasteiger partial charge in [0.1, 0.15) is 5.75 Å². The molecular formula is C17H21NO3. The fraction of sp³-hybridized carbons (Fsp3) is 0.294. The molecule has 4 nitrogen and oxygen atoms in total. The largest absolute Gasteiger partial charge is 0.504 e. The van der Waals surface area contributed by atoms with Gasteiger partial charge in [0, 0.05) is 17.8 Å². The van der Waals surface area contributed by atoms with Crippen LogP contribution >= 0.6 is 0 Å². The highest BCUT2D eigenvalue weighted by Gasteiger charge is 2.06. The number of rotatable bonds is 6. The van der Waals surface area contributed by atoms with Crippen molar-refractivity contribution >= 4 is 5.69 Å². The lowest BCUT2D eigenvalue weighted by Crippen LogP contribution is -2.05. The highest BCUT2D eigenvalue weighted by atomic mass is 16.5. The molecule has 0 aliphatic carbocycles. The van der Waals surface area contributed by atoms with Gasteiger partial charge in [0.25, 0.3) is 0 Å². The van der Waals surface area contributed by atoms with Crippen molar-refractivity contribution in [3.63, 3.8) is 0 Å². The predicted octanol–water partition coefficient (Wildman–Crippen LogP) is 3.80. The fourth-order valence-electron chi connectivity index (χ4n) is 2.00. The van der Waals surface area contributed by atoms with Crippen LogP contribution in [0.4, 0.5) is 5.69 Å². The maximum Gasteiger partial charge on any atom is 0.162 e. The van der Waals surface area contributed by atoms with Crippen LogP contribution in [-0.4, -0.2) is 18.3 Å². The fourth-order valence-corrected chi connectivity index (χ4v) is 2.00. The second-order valence-corrected chi connectivity index (χ2v) is 5.01. The molecule has 0 saturated heterocycles. The predicted molar refractivity (Wildman–Crippen MR) is 84.2 cm³/mol. The van der Waals surface area contributed by atoms with E-state index in [-0.39, 0.29) is 11.9 Å². The summed E-state index contributed by atoms with van der Waals surface area (Å²) in [5.41, 5.74) is 1.75. The molecule has 112 valence electrons. The molecular weight excluding hydrogens is 266 g/mol. The summed E-state index contributed by atoms with van der Waals surface area (Å²) < 4.78 is 10.7. The number of phenolic OH excluding ortho intramolecular Hbond substituents is 1. The molecule has 0 bridgehead atoms. The second-order valence-electron chi connectivity index (χ2n) is 5.01. The summed E-state index contributed by atoms with van der Waals surface area (Å²) >= 11 is 0. The zero-order valence-electron chi connectivity index (χ0n) is 12.6. The SMILES string of the molecule is COc1cccc(CNc2ccc(OC(C)C)cc2)c1O. The Morgan fingerprint density at radius 2 is 1.81 bits per heavy atom. The van der Waals surface area contributed by atoms with Crippen molar-refractivity contribution in [3.05, 3.63) is 48.0 Å². The van der Waals surface area contributed by atoms with Gasteiger partial charge in [-0.2, -0.15) is 0 Å². The van der Waals surface area contributed by atoms with Crippen molar-refractivity contribution in [2.75, 3.05) is 12.4 Å². The normalized spacial score (nSPS) is 10.5. The van der Waals surface area contributed by atoms with Crippen LogP contribution in [0.25, 0.3) is 0 Å². The van der Waals surface area contributed by atoms with E-state index in [0.717, 1.165) is 17.0 Å². The molecule has 0 aromatic heterocycles. The van der Waals surface area contributed by atoms with Gasteiger partial charge >= 0.3 is 0 Å². The smallest absolute Gasteiger partial charge is 0.162 e. The first-order valence-corrected chi connectivity index (χ1v) is 6.95. The Morgan fingerprint density at radius 3 is 2.43 bits per heavy atom. The molecule has 2 N–H and O–H groups in total. The second kappa shape index (κ2) is 6.88. The number of aromatic hydroxyl groups is 1. The Bertz CT molecular complexity index is 579. The van der Waals surface area contributed by atoms with Gasteiger partial charge in [0.2, 0.25) is 0 Å². The van der Waals surface area contributed by atoms with Crippen molar-refractivity contribution in [1.29, 1.82) is 0 Å². The average Bonchev–Trinajstić information content (AvgIpc) is 2.47. The van der Waals surface area contributed by atoms with Crippen molar-refractivity contribution in [1.82, 2.24) is 0 Å². The lowest BCUT2D eigenvalue weighted by Gasteiger charge is -2.12. The van der Waals surface area contributed by atoms with Crippen LogP contribution in [0.1, 0.15) is 19.4 Å². The summed E-state index contributed by atoms with van der Waals surface area (Å²) in [7, 11) is 1.54. The van der Waals surface area contributed by atoms with Crippen LogP contribution in [0, 0.1) is 0 Å². The van der Waals surface area contributed by atoms with E-state index < -0.39 is 0 Å². The maximum absolute atomic E-state index is 10.0. The third-order valence-electron chi connectivity index (χ3n) is 3.01. The van der Waals surface area contributed by atoms with Crippen LogP contribution in [0.2, 0.25) is 0 Å². The van der Waals surface area contributed by atoms with Crippen LogP contribution in [0.3, 0.4) is 0 Å². The van der Waals surface area contributed by atoms with Crippen molar-refractivity contribution < 1.29 is 14.6 Å². The van der Waals surface area contributed by atoms with Gasteiger partial charge in [0.15, 0.2) is 11.5 Å². The van der Waals surface area contributed by atoms with E-state index in [2.05, 4.69) is 5.32 Å². The quantitative estimate of drug-likeness (QED) is 0.848. The minimum atomic E-state index is 0.164. The van der Waals surface area contributed by atoms with Gasteiger partial charge in [-0.05, 0) is 44.2 Å². The summed E-state index contributed by atoms with van der Waals surface area (Å²) in [6.07, 6.45) is 0.164. The molecule has 0 aliphatic heterocycles. The number of phenols is 1. The monoisotopic (exact) mass is 287 g/mol. The summed E-state index contributed by atoms with van der Waals surface area (Å²) in [6, 6.07) is 13.2. The van der Waals surface area contributed by atoms with Gasteiger partial charge < -0.3 is 19.9 Å². The summed E-state index contributed by atoms with van der Waals surface area (Å²) in [5, 5.41) is 13.3. The first kappa shape index (κ1) is 15.0. The number of para-hydroxylation sites is 1. The van der Waals surface area contributed by atoms with E-state index in [0.29, 0.717) is 12.3 Å². The highest BCUT2D eigenvalue weighted by Crippen LogP contribution is 2.29. The van der Waals surface area contributed by atoms with E-state index in [1.54, 1.807) is 13.2 Å². The molecule has 21 heavy (non-hydrogen) atoms. The molecule has 2 rings (SSSR count). The van der Waals surface area contributed by atoms with Crippen molar-refractivity contribution in [2.45, 2.75) is 26.5 Å². The highest BCUT2D eigenvalue weighted by molar-refractivity contribution is 5.50. The Labute approximate surface area is 125 Å². The third-order valence-corrected chi connectivity index (χ3v) is 3.01. The van der Waals surface area contributed by atoms with Crippen LogP contribution in [-0.2, 0) is 6.54 Å². The molecule has 0 unspecified atom stereocenters. The van der Waals surface area contributed by atoms with E-state index in [9.17, 15) is 5.11 Å². The van der Waals surface area contributed by atoms with Gasteiger partial charge in [-0.15, -0.1) is 0 Å². The molecule has 0 heterocycles. The van der Waals surface area contributed by atoms with Gasteiger partial charge in [-0.3, -0.25) is 0 Å². The minimum Gasteiger partial charge on any atom is -0.504 e.